The number of β-lactam (4-membered cyclic amide) rings is 1. The van der Waals surface area contributed by atoms with Crippen LogP contribution in [0.25, 0.3) is 10.8 Å². The summed E-state index contributed by atoms with van der Waals surface area (Å²) in [6.07, 6.45) is -0.143. The average molecular weight is 689 g/mol. The second kappa shape index (κ2) is 11.3. The number of carboxylic acids is 1. The highest BCUT2D eigenvalue weighted by Crippen LogP contribution is 2.50. The SMILES string of the molecule is C[C@@H](O)[C@H]1C(=O)N2C(C(=O)[O-])=C(CN3c4ccc5ccc(CC[N+]67CC[N+](CC(N)=O)(CC6)CC7)cc5c4N(C)S3(=O)=O)[C@H](C)[C@H]12.[Cl-]. The van der Waals surface area contributed by atoms with Gasteiger partial charge in [-0.1, -0.05) is 25.1 Å². The van der Waals surface area contributed by atoms with Gasteiger partial charge >= 0.3 is 10.2 Å². The summed E-state index contributed by atoms with van der Waals surface area (Å²) in [5.41, 5.74) is 7.58. The van der Waals surface area contributed by atoms with Crippen LogP contribution in [-0.4, -0.2) is 123 Å². The van der Waals surface area contributed by atoms with E-state index in [0.717, 1.165) is 82.4 Å². The number of carboxylic acid groups (broad SMARTS) is 1. The minimum absolute atomic E-state index is 0. The molecule has 15 heteroatoms. The van der Waals surface area contributed by atoms with E-state index >= 15 is 0 Å². The summed E-state index contributed by atoms with van der Waals surface area (Å²) < 4.78 is 32.0. The van der Waals surface area contributed by atoms with Gasteiger partial charge < -0.3 is 47.0 Å². The van der Waals surface area contributed by atoms with Crippen molar-refractivity contribution >= 4 is 50.1 Å². The molecule has 13 nitrogen and oxygen atoms in total. The van der Waals surface area contributed by atoms with Gasteiger partial charge in [0.05, 0.1) is 54.2 Å². The first kappa shape index (κ1) is 33.5. The number of anilines is 2. The Bertz CT molecular complexity index is 1810. The van der Waals surface area contributed by atoms with Gasteiger partial charge in [0.2, 0.25) is 5.91 Å². The highest BCUT2D eigenvalue weighted by atomic mass is 35.5. The first-order chi connectivity index (χ1) is 21.7. The van der Waals surface area contributed by atoms with Crippen molar-refractivity contribution in [1.82, 2.24) is 4.90 Å². The van der Waals surface area contributed by atoms with E-state index in [0.29, 0.717) is 17.9 Å². The second-order valence-corrected chi connectivity index (χ2v) is 15.9. The van der Waals surface area contributed by atoms with Crippen molar-refractivity contribution < 1.29 is 54.4 Å². The van der Waals surface area contributed by atoms with Gasteiger partial charge in [-0.15, -0.1) is 0 Å². The number of hydrogen-bond acceptors (Lipinski definition) is 7. The summed E-state index contributed by atoms with van der Waals surface area (Å²) in [5, 5.41) is 24.2. The zero-order valence-electron chi connectivity index (χ0n) is 26.8. The number of quaternary nitrogens is 2. The zero-order valence-corrected chi connectivity index (χ0v) is 28.3. The van der Waals surface area contributed by atoms with Gasteiger partial charge in [0.1, 0.15) is 39.3 Å². The molecule has 0 saturated carbocycles. The van der Waals surface area contributed by atoms with Gasteiger partial charge in [-0.05, 0) is 35.6 Å². The van der Waals surface area contributed by atoms with E-state index in [-0.39, 0.29) is 36.1 Å². The topological polar surface area (TPSA) is 164 Å². The molecule has 8 rings (SSSR count). The van der Waals surface area contributed by atoms with Crippen molar-refractivity contribution in [1.29, 1.82) is 0 Å². The molecule has 2 bridgehead atoms. The lowest BCUT2D eigenvalue weighted by Crippen LogP contribution is -3.00. The first-order valence-corrected chi connectivity index (χ1v) is 17.3. The number of hydrogen-bond donors (Lipinski definition) is 2. The van der Waals surface area contributed by atoms with Crippen LogP contribution in [0.4, 0.5) is 11.4 Å². The van der Waals surface area contributed by atoms with Gasteiger partial charge in [-0.2, -0.15) is 8.42 Å². The number of piperazine rings is 3. The Morgan fingerprint density at radius 1 is 1.09 bits per heavy atom. The number of aliphatic hydroxyl groups excluding tert-OH is 1. The average Bonchev–Trinajstić information content (AvgIpc) is 3.36. The van der Waals surface area contributed by atoms with Crippen LogP contribution in [0.2, 0.25) is 0 Å². The van der Waals surface area contributed by atoms with Gasteiger partial charge in [0.15, 0.2) is 6.54 Å². The summed E-state index contributed by atoms with van der Waals surface area (Å²) in [7, 11) is -2.57. The van der Waals surface area contributed by atoms with Gasteiger partial charge in [-0.25, -0.2) is 4.31 Å². The van der Waals surface area contributed by atoms with E-state index in [1.807, 2.05) is 12.1 Å². The Hall–Kier alpha value is -3.43. The number of fused-ring (bicyclic) bond motifs is 7. The molecule has 4 fully saturated rings. The molecule has 0 radical (unpaired) electrons. The van der Waals surface area contributed by atoms with Gasteiger partial charge in [0.25, 0.3) is 5.91 Å². The number of carbonyl (C=O) groups is 3. The summed E-state index contributed by atoms with van der Waals surface area (Å²) >= 11 is 0. The van der Waals surface area contributed by atoms with E-state index in [9.17, 15) is 33.0 Å². The molecule has 0 aliphatic carbocycles. The fraction of sp³-hybridized carbons (Fsp3) is 0.531. The standard InChI is InChI=1S/C32H40N6O7S.ClH/c1-19-24(30(32(42)43)36-28(19)27(20(2)39)31(36)41)17-35-25-7-6-22-5-4-21(16-23(22)29(25)34(3)46(35,44)45)8-9-37-10-13-38(14-11-37,15-12-37)18-26(33)40;/h4-7,16,19-20,27-28,39H,8-15,17-18H2,1-3H3,(H-2,33,40,42,43);1H/t19-,20+,27+,28+,37?,38?;/m0./s1. The van der Waals surface area contributed by atoms with Crippen molar-refractivity contribution in [2.75, 3.05) is 74.6 Å². The smallest absolute Gasteiger partial charge is 0.326 e. The molecule has 47 heavy (non-hydrogen) atoms. The maximum atomic E-state index is 13.9. The Morgan fingerprint density at radius 2 is 1.70 bits per heavy atom. The highest BCUT2D eigenvalue weighted by Gasteiger charge is 2.59. The van der Waals surface area contributed by atoms with Crippen LogP contribution >= 0.6 is 0 Å². The quantitative estimate of drug-likeness (QED) is 0.200. The Labute approximate surface area is 280 Å². The number of benzene rings is 2. The lowest BCUT2D eigenvalue weighted by atomic mass is 9.78. The predicted octanol–water partition coefficient (Wildman–Crippen LogP) is -4.11. The summed E-state index contributed by atoms with van der Waals surface area (Å²) in [6, 6.07) is 9.21. The summed E-state index contributed by atoms with van der Waals surface area (Å²) in [5.74, 6) is -3.52. The van der Waals surface area contributed by atoms with Crippen LogP contribution in [0, 0.1) is 11.8 Å². The first-order valence-electron chi connectivity index (χ1n) is 15.9. The monoisotopic (exact) mass is 688 g/mol. The minimum atomic E-state index is -4.07. The normalized spacial score (nSPS) is 31.0. The molecule has 0 unspecified atom stereocenters. The fourth-order valence-electron chi connectivity index (χ4n) is 8.79. The lowest BCUT2D eigenvalue weighted by molar-refractivity contribution is -1.08. The molecule has 4 atom stereocenters. The van der Waals surface area contributed by atoms with E-state index in [2.05, 4.69) is 12.1 Å². The maximum absolute atomic E-state index is 13.9. The number of amides is 2. The van der Waals surface area contributed by atoms with Crippen LogP contribution in [0.3, 0.4) is 0 Å². The molecule has 4 saturated heterocycles. The molecule has 2 aromatic rings. The van der Waals surface area contributed by atoms with Crippen molar-refractivity contribution in [2.45, 2.75) is 32.4 Å². The molecule has 2 amide bonds. The lowest BCUT2D eigenvalue weighted by Gasteiger charge is -2.55. The molecule has 3 N–H and O–H groups in total. The number of nitrogens with two attached hydrogens (primary N) is 1. The molecular formula is C32H41ClN6O7S. The molecule has 254 valence electrons. The fourth-order valence-corrected chi connectivity index (χ4v) is 10.2. The largest absolute Gasteiger partial charge is 1.00 e. The van der Waals surface area contributed by atoms with Crippen LogP contribution in [0.5, 0.6) is 0 Å². The van der Waals surface area contributed by atoms with Crippen molar-refractivity contribution in [2.24, 2.45) is 17.6 Å². The number of nitrogens with zero attached hydrogens (tertiary/aromatic N) is 5. The molecule has 6 aliphatic heterocycles. The Kier molecular flexibility index (Phi) is 8.07. The van der Waals surface area contributed by atoms with Crippen LogP contribution in [0.1, 0.15) is 19.4 Å². The molecule has 2 aromatic carbocycles. The van der Waals surface area contributed by atoms with Crippen molar-refractivity contribution in [3.63, 3.8) is 0 Å². The van der Waals surface area contributed by atoms with Crippen molar-refractivity contribution in [3.8, 4) is 0 Å². The summed E-state index contributed by atoms with van der Waals surface area (Å²) in [4.78, 5) is 37.9. The molecule has 0 aromatic heterocycles. The van der Waals surface area contributed by atoms with E-state index in [4.69, 9.17) is 5.73 Å². The summed E-state index contributed by atoms with van der Waals surface area (Å²) in [6.45, 7) is 10.3. The molecule has 6 aliphatic rings. The molecular weight excluding hydrogens is 648 g/mol. The molecule has 6 heterocycles. The van der Waals surface area contributed by atoms with Crippen LogP contribution in [0.15, 0.2) is 41.6 Å². The van der Waals surface area contributed by atoms with E-state index in [1.165, 1.54) is 22.6 Å². The number of aliphatic hydroxyl groups is 1. The predicted molar refractivity (Wildman–Crippen MR) is 168 cm³/mol. The minimum Gasteiger partial charge on any atom is -1.00 e. The van der Waals surface area contributed by atoms with Crippen molar-refractivity contribution in [3.05, 3.63) is 47.2 Å². The third-order valence-electron chi connectivity index (χ3n) is 11.6. The Balaban J connectivity index is 0.00000386. The van der Waals surface area contributed by atoms with Crippen LogP contribution in [-0.2, 0) is 31.0 Å². The number of aliphatic carboxylic acids is 1. The molecule has 0 spiro atoms. The van der Waals surface area contributed by atoms with E-state index in [1.54, 1.807) is 13.0 Å². The maximum Gasteiger partial charge on any atom is 0.326 e. The highest BCUT2D eigenvalue weighted by molar-refractivity contribution is 7.94. The van der Waals surface area contributed by atoms with E-state index < -0.39 is 46.1 Å². The zero-order chi connectivity index (χ0) is 32.9. The number of rotatable bonds is 9. The van der Waals surface area contributed by atoms with Crippen LogP contribution < -0.4 is 31.9 Å². The number of halogens is 1. The van der Waals surface area contributed by atoms with Gasteiger partial charge in [0, 0.05) is 24.8 Å². The third-order valence-corrected chi connectivity index (χ3v) is 13.3. The van der Waals surface area contributed by atoms with Gasteiger partial charge in [-0.3, -0.25) is 13.9 Å². The number of carbonyl (C=O) groups excluding carboxylic acids is 3. The second-order valence-electron chi connectivity index (χ2n) is 14.0. The number of primary amides is 1. The Morgan fingerprint density at radius 3 is 2.30 bits per heavy atom. The third kappa shape index (κ3) is 4.98.